The second kappa shape index (κ2) is 13.3. The molecular weight excluding hydrogens is 566 g/mol. The van der Waals surface area contributed by atoms with E-state index in [1.165, 1.54) is 66.8 Å². The number of anilines is 1. The average Bonchev–Trinajstić information content (AvgIpc) is 3.42. The van der Waals surface area contributed by atoms with Crippen LogP contribution in [0.5, 0.6) is 0 Å². The molecule has 0 spiro atoms. The molecule has 37 heavy (non-hydrogen) atoms. The Labute approximate surface area is 226 Å². The molecule has 1 aliphatic rings. The van der Waals surface area contributed by atoms with Gasteiger partial charge in [0.2, 0.25) is 0 Å². The van der Waals surface area contributed by atoms with Gasteiger partial charge in [0.1, 0.15) is 0 Å². The topological polar surface area (TPSA) is 75.7 Å². The summed E-state index contributed by atoms with van der Waals surface area (Å²) >= 11 is -0.525. The minimum atomic E-state index is -4.32. The Kier molecular flexibility index (Phi) is 10.5. The van der Waals surface area contributed by atoms with Crippen LogP contribution >= 0.6 is 11.3 Å². The third-order valence-electron chi connectivity index (χ3n) is 5.96. The van der Waals surface area contributed by atoms with Crippen molar-refractivity contribution in [2.75, 3.05) is 25.9 Å². The van der Waals surface area contributed by atoms with Gasteiger partial charge in [-0.15, -0.1) is 0 Å². The molecule has 3 aromatic rings. The summed E-state index contributed by atoms with van der Waals surface area (Å²) in [6.07, 6.45) is 10.0. The van der Waals surface area contributed by atoms with Crippen LogP contribution < -0.4 is 15.6 Å². The number of rotatable bonds is 5. The molecule has 1 unspecified atom stereocenters. The molecule has 1 aliphatic heterocycles. The first-order valence-corrected chi connectivity index (χ1v) is 14.7. The van der Waals surface area contributed by atoms with Crippen LogP contribution in [0.25, 0.3) is 5.52 Å². The SMILES string of the molecule is CCCC1CCCCN1C.Cc1ncc(C(=O)NCC#Cc2cc3c(N)cccn3c2[Se]C(F)(F)F)s1. The van der Waals surface area contributed by atoms with Crippen LogP contribution in [0.3, 0.4) is 0 Å². The molecule has 0 saturated carbocycles. The number of piperidine rings is 1. The van der Waals surface area contributed by atoms with Gasteiger partial charge in [0.25, 0.3) is 0 Å². The van der Waals surface area contributed by atoms with Crippen molar-refractivity contribution in [3.05, 3.63) is 46.0 Å². The predicted octanol–water partition coefficient (Wildman–Crippen LogP) is 4.19. The predicted molar refractivity (Wildman–Crippen MR) is 144 cm³/mol. The van der Waals surface area contributed by atoms with Crippen LogP contribution in [-0.4, -0.2) is 66.4 Å². The fourth-order valence-corrected chi connectivity index (χ4v) is 6.31. The summed E-state index contributed by atoms with van der Waals surface area (Å²) < 4.78 is 40.5. The van der Waals surface area contributed by atoms with Crippen molar-refractivity contribution >= 4 is 48.0 Å². The van der Waals surface area contributed by atoms with Gasteiger partial charge in [-0.3, -0.25) is 0 Å². The number of hydrogen-bond donors (Lipinski definition) is 2. The molecule has 1 atom stereocenters. The standard InChI is InChI=1S/C17H13F3N4OSSe.C9H19N/c1-10-23-9-14(26-10)15(25)22-6-2-4-11-8-13-12(21)5-3-7-24(13)16(11)27-17(18,19)20;1-3-6-9-7-4-5-8-10(9)2/h3,5,7-9H,6,21H2,1H3,(H,22,25);9H,3-8H2,1-2H3. The number of hydrogen-bond acceptors (Lipinski definition) is 5. The van der Waals surface area contributed by atoms with Gasteiger partial charge in [-0.2, -0.15) is 0 Å². The third-order valence-corrected chi connectivity index (χ3v) is 8.63. The Morgan fingerprint density at radius 3 is 2.81 bits per heavy atom. The molecule has 1 amide bonds. The van der Waals surface area contributed by atoms with Crippen molar-refractivity contribution in [3.63, 3.8) is 0 Å². The number of amides is 1. The molecule has 1 fully saturated rings. The minimum absolute atomic E-state index is 0.00983. The number of aryl methyl sites for hydroxylation is 1. The van der Waals surface area contributed by atoms with Gasteiger partial charge in [0.15, 0.2) is 0 Å². The fraction of sp³-hybridized carbons (Fsp3) is 0.462. The Hall–Kier alpha value is -2.51. The van der Waals surface area contributed by atoms with Crippen molar-refractivity contribution in [3.8, 4) is 11.8 Å². The number of carbonyl (C=O) groups is 1. The van der Waals surface area contributed by atoms with Crippen LogP contribution in [0, 0.1) is 18.8 Å². The van der Waals surface area contributed by atoms with Crippen molar-refractivity contribution < 1.29 is 18.0 Å². The van der Waals surface area contributed by atoms with E-state index in [1.807, 2.05) is 0 Å². The third kappa shape index (κ3) is 8.50. The molecule has 3 aromatic heterocycles. The number of pyridine rings is 1. The average molecular weight is 599 g/mol. The number of carbonyl (C=O) groups excluding carboxylic acids is 1. The van der Waals surface area contributed by atoms with Crippen LogP contribution in [-0.2, 0) is 0 Å². The van der Waals surface area contributed by atoms with Crippen molar-refractivity contribution in [2.24, 2.45) is 0 Å². The number of thiazole rings is 1. The molecule has 200 valence electrons. The Morgan fingerprint density at radius 2 is 2.16 bits per heavy atom. The summed E-state index contributed by atoms with van der Waals surface area (Å²) in [7, 11) is 2.26. The normalized spacial score (nSPS) is 16.0. The first-order valence-electron chi connectivity index (χ1n) is 12.1. The second-order valence-corrected chi connectivity index (χ2v) is 12.2. The monoisotopic (exact) mass is 599 g/mol. The van der Waals surface area contributed by atoms with Crippen molar-refractivity contribution in [1.29, 1.82) is 0 Å². The summed E-state index contributed by atoms with van der Waals surface area (Å²) in [4.78, 5) is 18.9. The Balaban J connectivity index is 0.000000319. The van der Waals surface area contributed by atoms with E-state index in [2.05, 4.69) is 41.0 Å². The van der Waals surface area contributed by atoms with Gasteiger partial charge in [0.05, 0.1) is 0 Å². The number of fused-ring (bicyclic) bond motifs is 1. The number of nitrogens with two attached hydrogens (primary N) is 1. The number of nitrogen functional groups attached to an aromatic ring is 1. The zero-order chi connectivity index (χ0) is 27.0. The Morgan fingerprint density at radius 1 is 1.38 bits per heavy atom. The zero-order valence-electron chi connectivity index (χ0n) is 21.2. The van der Waals surface area contributed by atoms with Gasteiger partial charge in [-0.25, -0.2) is 0 Å². The molecule has 1 saturated heterocycles. The van der Waals surface area contributed by atoms with Crippen LogP contribution in [0.15, 0.2) is 30.6 Å². The summed E-state index contributed by atoms with van der Waals surface area (Å²) in [5.74, 6) is 5.11. The molecule has 11 heteroatoms. The van der Waals surface area contributed by atoms with Crippen molar-refractivity contribution in [1.82, 2.24) is 19.6 Å². The second-order valence-electron chi connectivity index (χ2n) is 8.78. The van der Waals surface area contributed by atoms with E-state index in [0.29, 0.717) is 16.1 Å². The number of aromatic nitrogens is 2. The molecule has 4 heterocycles. The molecule has 0 radical (unpaired) electrons. The first kappa shape index (κ1) is 29.1. The molecule has 6 nitrogen and oxygen atoms in total. The van der Waals surface area contributed by atoms with Gasteiger partial charge in [0, 0.05) is 6.04 Å². The maximum absolute atomic E-state index is 13.0. The molecule has 3 N–H and O–H groups in total. The van der Waals surface area contributed by atoms with E-state index >= 15 is 0 Å². The molecule has 0 aromatic carbocycles. The molecule has 0 bridgehead atoms. The Bertz CT molecular complexity index is 1260. The molecule has 4 rings (SSSR count). The van der Waals surface area contributed by atoms with Crippen LogP contribution in [0.2, 0.25) is 0 Å². The molecular formula is C26H32F3N5OSSe. The summed E-state index contributed by atoms with van der Waals surface area (Å²) in [6.45, 7) is 5.40. The van der Waals surface area contributed by atoms with E-state index in [0.717, 1.165) is 11.0 Å². The number of nitrogens with one attached hydrogen (secondary N) is 1. The maximum atomic E-state index is 13.0. The van der Waals surface area contributed by atoms with E-state index < -0.39 is 20.0 Å². The van der Waals surface area contributed by atoms with Gasteiger partial charge in [-0.1, -0.05) is 19.8 Å². The summed E-state index contributed by atoms with van der Waals surface area (Å²) in [6, 6.07) is 5.65. The summed E-state index contributed by atoms with van der Waals surface area (Å²) in [5.41, 5.74) is 6.97. The molecule has 0 aliphatic carbocycles. The van der Waals surface area contributed by atoms with Crippen molar-refractivity contribution in [2.45, 2.75) is 57.1 Å². The van der Waals surface area contributed by atoms with Gasteiger partial charge < -0.3 is 4.90 Å². The van der Waals surface area contributed by atoms with E-state index in [1.54, 1.807) is 25.1 Å². The number of halogens is 3. The van der Waals surface area contributed by atoms with E-state index in [4.69, 9.17) is 5.73 Å². The van der Waals surface area contributed by atoms with E-state index in [-0.39, 0.29) is 22.6 Å². The van der Waals surface area contributed by atoms with Gasteiger partial charge >= 0.3 is 163 Å². The first-order chi connectivity index (χ1) is 17.6. The number of likely N-dealkylation sites (tertiary alicyclic amines) is 1. The van der Waals surface area contributed by atoms with Crippen LogP contribution in [0.1, 0.15) is 59.3 Å². The number of nitrogens with zero attached hydrogens (tertiary/aromatic N) is 3. The van der Waals surface area contributed by atoms with Gasteiger partial charge in [-0.05, 0) is 32.9 Å². The zero-order valence-corrected chi connectivity index (χ0v) is 23.7. The number of alkyl halides is 3. The quantitative estimate of drug-likeness (QED) is 0.342. The summed E-state index contributed by atoms with van der Waals surface area (Å²) in [5, 5.41) is -0.947. The fourth-order valence-electron chi connectivity index (χ4n) is 4.16. The van der Waals surface area contributed by atoms with E-state index in [9.17, 15) is 18.0 Å². The van der Waals surface area contributed by atoms with Crippen LogP contribution in [0.4, 0.5) is 18.9 Å².